The van der Waals surface area contributed by atoms with Gasteiger partial charge in [-0.1, -0.05) is 24.3 Å². The molecule has 0 radical (unpaired) electrons. The van der Waals surface area contributed by atoms with Crippen LogP contribution in [0.5, 0.6) is 0 Å². The summed E-state index contributed by atoms with van der Waals surface area (Å²) in [6.45, 7) is 2.21. The molecule has 1 aliphatic heterocycles. The van der Waals surface area contributed by atoms with Gasteiger partial charge in [-0.05, 0) is 67.9 Å². The maximum absolute atomic E-state index is 11.5. The molecule has 1 aromatic carbocycles. The number of rotatable bonds is 9. The number of pyridine rings is 2. The van der Waals surface area contributed by atoms with E-state index in [0.717, 1.165) is 48.8 Å². The first kappa shape index (κ1) is 22.0. The quantitative estimate of drug-likeness (QED) is 0.493. The van der Waals surface area contributed by atoms with Crippen molar-refractivity contribution < 1.29 is 14.6 Å². The third-order valence-electron chi connectivity index (χ3n) is 6.85. The van der Waals surface area contributed by atoms with Gasteiger partial charge >= 0.3 is 5.97 Å². The van der Waals surface area contributed by atoms with E-state index in [1.807, 2.05) is 30.5 Å². The number of aliphatic carboxylic acids is 1. The second-order valence-corrected chi connectivity index (χ2v) is 9.24. The Morgan fingerprint density at radius 1 is 1.15 bits per heavy atom. The van der Waals surface area contributed by atoms with Crippen LogP contribution in [0.25, 0.3) is 10.9 Å². The van der Waals surface area contributed by atoms with E-state index in [9.17, 15) is 9.90 Å². The first-order valence-electron chi connectivity index (χ1n) is 12.1. The molecule has 1 atom stereocenters. The number of para-hydroxylation sites is 1. The number of aromatic nitrogens is 2. The Morgan fingerprint density at radius 3 is 2.88 bits per heavy atom. The first-order valence-corrected chi connectivity index (χ1v) is 12.1. The fraction of sp³-hybridized carbons (Fsp3) is 0.444. The Morgan fingerprint density at radius 2 is 2.00 bits per heavy atom. The van der Waals surface area contributed by atoms with E-state index in [2.05, 4.69) is 28.1 Å². The lowest BCUT2D eigenvalue weighted by molar-refractivity contribution is -0.140. The maximum atomic E-state index is 11.5. The highest BCUT2D eigenvalue weighted by molar-refractivity contribution is 5.79. The third kappa shape index (κ3) is 5.23. The molecule has 5 rings (SSSR count). The Balaban J connectivity index is 1.12. The minimum Gasteiger partial charge on any atom is -0.481 e. The van der Waals surface area contributed by atoms with Gasteiger partial charge in [0.1, 0.15) is 0 Å². The van der Waals surface area contributed by atoms with Gasteiger partial charge < -0.3 is 9.84 Å². The number of ether oxygens (including phenoxy) is 1. The molecule has 6 heteroatoms. The summed E-state index contributed by atoms with van der Waals surface area (Å²) in [7, 11) is 0. The zero-order valence-corrected chi connectivity index (χ0v) is 18.9. The molecule has 1 aliphatic carbocycles. The number of hydrogen-bond donors (Lipinski definition) is 1. The van der Waals surface area contributed by atoms with Crippen molar-refractivity contribution in [2.75, 3.05) is 19.7 Å². The van der Waals surface area contributed by atoms with Gasteiger partial charge in [-0.3, -0.25) is 19.7 Å². The van der Waals surface area contributed by atoms with Gasteiger partial charge in [-0.2, -0.15) is 0 Å². The summed E-state index contributed by atoms with van der Waals surface area (Å²) < 4.78 is 6.07. The first-order chi connectivity index (χ1) is 16.2. The second kappa shape index (κ2) is 9.98. The summed E-state index contributed by atoms with van der Waals surface area (Å²) in [5, 5.41) is 10.5. The third-order valence-corrected chi connectivity index (χ3v) is 6.85. The molecule has 6 nitrogen and oxygen atoms in total. The van der Waals surface area contributed by atoms with Gasteiger partial charge in [0.25, 0.3) is 0 Å². The molecule has 0 spiro atoms. The van der Waals surface area contributed by atoms with Crippen LogP contribution in [0.2, 0.25) is 0 Å². The van der Waals surface area contributed by atoms with Crippen molar-refractivity contribution in [3.05, 3.63) is 71.2 Å². The van der Waals surface area contributed by atoms with Gasteiger partial charge in [0.05, 0.1) is 18.0 Å². The monoisotopic (exact) mass is 445 g/mol. The minimum atomic E-state index is -0.796. The van der Waals surface area contributed by atoms with Crippen LogP contribution in [0.3, 0.4) is 0 Å². The zero-order chi connectivity index (χ0) is 22.6. The summed E-state index contributed by atoms with van der Waals surface area (Å²) in [6.07, 6.45) is 8.75. The Kier molecular flexibility index (Phi) is 6.65. The van der Waals surface area contributed by atoms with Gasteiger partial charge in [0.2, 0.25) is 0 Å². The average Bonchev–Trinajstić information content (AvgIpc) is 2.81. The van der Waals surface area contributed by atoms with Crippen molar-refractivity contribution >= 4 is 16.9 Å². The van der Waals surface area contributed by atoms with Crippen LogP contribution in [0.4, 0.5) is 0 Å². The van der Waals surface area contributed by atoms with Crippen LogP contribution in [-0.2, 0) is 28.8 Å². The normalized spacial score (nSPS) is 17.5. The molecule has 2 aromatic heterocycles. The summed E-state index contributed by atoms with van der Waals surface area (Å²) in [4.78, 5) is 23.1. The van der Waals surface area contributed by atoms with Crippen molar-refractivity contribution in [2.45, 2.75) is 57.1 Å². The summed E-state index contributed by atoms with van der Waals surface area (Å²) >= 11 is 0. The number of aryl methyl sites for hydroxylation is 3. The number of likely N-dealkylation sites (tertiary alicyclic amines) is 1. The minimum absolute atomic E-state index is 0.0662. The molecule has 1 saturated heterocycles. The largest absolute Gasteiger partial charge is 0.481 e. The van der Waals surface area contributed by atoms with Gasteiger partial charge in [-0.15, -0.1) is 0 Å². The van der Waals surface area contributed by atoms with Crippen molar-refractivity contribution in [2.24, 2.45) is 0 Å². The van der Waals surface area contributed by atoms with Gasteiger partial charge in [0, 0.05) is 48.7 Å². The van der Waals surface area contributed by atoms with E-state index in [-0.39, 0.29) is 18.6 Å². The lowest BCUT2D eigenvalue weighted by Gasteiger charge is -2.43. The van der Waals surface area contributed by atoms with Crippen LogP contribution < -0.4 is 0 Å². The Labute approximate surface area is 194 Å². The fourth-order valence-corrected chi connectivity index (χ4v) is 4.99. The number of carboxylic acids is 1. The molecule has 1 unspecified atom stereocenters. The standard InChI is InChI=1S/C27H31N3O3/c31-27(32)15-26(21-14-20-7-2-3-9-24(20)28-16-21)30-17-23(18-30)33-13-5-8-22-12-11-19-6-1-4-10-25(19)29-22/h2-3,7,9,11-12,14,16,23,26H,1,4-6,8,10,13,15,17-18H2,(H,31,32). The summed E-state index contributed by atoms with van der Waals surface area (Å²) in [5.41, 5.74) is 5.76. The predicted octanol–water partition coefficient (Wildman–Crippen LogP) is 4.36. The lowest BCUT2D eigenvalue weighted by Crippen LogP contribution is -2.53. The molecular formula is C27H31N3O3. The van der Waals surface area contributed by atoms with Crippen LogP contribution in [0.15, 0.2) is 48.7 Å². The van der Waals surface area contributed by atoms with E-state index in [1.165, 1.54) is 36.2 Å². The number of carbonyl (C=O) groups is 1. The average molecular weight is 446 g/mol. The SMILES string of the molecule is O=C(O)CC(c1cnc2ccccc2c1)N1CC(OCCCc2ccc3c(n2)CCCC3)C1. The topological polar surface area (TPSA) is 75.5 Å². The van der Waals surface area contributed by atoms with Crippen molar-refractivity contribution in [1.82, 2.24) is 14.9 Å². The highest BCUT2D eigenvalue weighted by atomic mass is 16.5. The second-order valence-electron chi connectivity index (χ2n) is 9.24. The number of carboxylic acid groups (broad SMARTS) is 1. The van der Waals surface area contributed by atoms with E-state index < -0.39 is 5.97 Å². The smallest absolute Gasteiger partial charge is 0.305 e. The van der Waals surface area contributed by atoms with Crippen molar-refractivity contribution in [3.63, 3.8) is 0 Å². The van der Waals surface area contributed by atoms with Crippen molar-refractivity contribution in [3.8, 4) is 0 Å². The summed E-state index contributed by atoms with van der Waals surface area (Å²) in [6, 6.07) is 14.2. The van der Waals surface area contributed by atoms with Crippen LogP contribution >= 0.6 is 0 Å². The molecule has 1 fully saturated rings. The number of hydrogen-bond acceptors (Lipinski definition) is 5. The number of fused-ring (bicyclic) bond motifs is 2. The molecule has 172 valence electrons. The molecule has 0 bridgehead atoms. The Bertz CT molecular complexity index is 1130. The van der Waals surface area contributed by atoms with Crippen molar-refractivity contribution in [1.29, 1.82) is 0 Å². The fourth-order valence-electron chi connectivity index (χ4n) is 4.99. The molecular weight excluding hydrogens is 414 g/mol. The highest BCUT2D eigenvalue weighted by Gasteiger charge is 2.35. The summed E-state index contributed by atoms with van der Waals surface area (Å²) in [5.74, 6) is -0.796. The molecule has 0 saturated carbocycles. The maximum Gasteiger partial charge on any atom is 0.305 e. The van der Waals surface area contributed by atoms with E-state index in [1.54, 1.807) is 0 Å². The zero-order valence-electron chi connectivity index (χ0n) is 18.9. The lowest BCUT2D eigenvalue weighted by atomic mass is 9.95. The van der Waals surface area contributed by atoms with Crippen LogP contribution in [-0.4, -0.2) is 51.7 Å². The number of nitrogens with zero attached hydrogens (tertiary/aromatic N) is 3. The van der Waals surface area contributed by atoms with E-state index >= 15 is 0 Å². The predicted molar refractivity (Wildman–Crippen MR) is 127 cm³/mol. The Hall–Kier alpha value is -2.83. The molecule has 3 aromatic rings. The number of benzene rings is 1. The highest BCUT2D eigenvalue weighted by Crippen LogP contribution is 2.31. The van der Waals surface area contributed by atoms with E-state index in [4.69, 9.17) is 9.72 Å². The molecule has 33 heavy (non-hydrogen) atoms. The van der Waals surface area contributed by atoms with Gasteiger partial charge in [-0.25, -0.2) is 0 Å². The van der Waals surface area contributed by atoms with Crippen LogP contribution in [0.1, 0.15) is 54.2 Å². The van der Waals surface area contributed by atoms with Crippen LogP contribution in [0, 0.1) is 0 Å². The molecule has 2 aliphatic rings. The molecule has 1 N–H and O–H groups in total. The molecule has 0 amide bonds. The van der Waals surface area contributed by atoms with Gasteiger partial charge in [0.15, 0.2) is 0 Å². The molecule has 3 heterocycles. The van der Waals surface area contributed by atoms with E-state index in [0.29, 0.717) is 6.61 Å².